The summed E-state index contributed by atoms with van der Waals surface area (Å²) in [5, 5.41) is 2.91. The van der Waals surface area contributed by atoms with Crippen LogP contribution >= 0.6 is 69.6 Å². The van der Waals surface area contributed by atoms with Crippen LogP contribution in [0.2, 0.25) is 0 Å². The maximum atomic E-state index is 5.71. The molecule has 0 saturated carbocycles. The molecule has 18 heavy (non-hydrogen) atoms. The number of rotatable bonds is 3. The highest BCUT2D eigenvalue weighted by molar-refractivity contribution is 6.67. The van der Waals surface area contributed by atoms with Gasteiger partial charge in [0, 0.05) is 6.54 Å². The van der Waals surface area contributed by atoms with Crippen LogP contribution in [0.1, 0.15) is 25.0 Å². The summed E-state index contributed by atoms with van der Waals surface area (Å²) in [5.41, 5.74) is 0. The van der Waals surface area contributed by atoms with Crippen molar-refractivity contribution in [3.05, 3.63) is 11.6 Å². The van der Waals surface area contributed by atoms with E-state index in [1.54, 1.807) is 0 Å². The van der Waals surface area contributed by atoms with Crippen molar-refractivity contribution in [2.75, 3.05) is 11.9 Å². The van der Waals surface area contributed by atoms with Gasteiger partial charge in [-0.15, -0.1) is 0 Å². The summed E-state index contributed by atoms with van der Waals surface area (Å²) in [6.07, 6.45) is 0.859. The molecule has 1 N–H and O–H groups in total. The Balaban J connectivity index is 3.21. The van der Waals surface area contributed by atoms with E-state index in [4.69, 9.17) is 69.6 Å². The SMILES string of the molecule is CCCNc1nc(C(Cl)(Cl)Cl)nc(C(Cl)(Cl)Cl)n1. The molecule has 0 atom stereocenters. The Bertz CT molecular complexity index is 381. The predicted octanol–water partition coefficient (Wildman–Crippen LogP) is 4.35. The molecule has 0 aliphatic rings. The molecule has 102 valence electrons. The van der Waals surface area contributed by atoms with Crippen molar-refractivity contribution in [3.8, 4) is 0 Å². The summed E-state index contributed by atoms with van der Waals surface area (Å²) in [4.78, 5) is 11.7. The predicted molar refractivity (Wildman–Crippen MR) is 77.1 cm³/mol. The first-order valence-electron chi connectivity index (χ1n) is 4.79. The molecule has 0 aliphatic carbocycles. The van der Waals surface area contributed by atoms with Crippen molar-refractivity contribution < 1.29 is 0 Å². The lowest BCUT2D eigenvalue weighted by Gasteiger charge is -2.15. The van der Waals surface area contributed by atoms with E-state index in [2.05, 4.69) is 20.3 Å². The molecule has 0 aromatic carbocycles. The Morgan fingerprint density at radius 2 is 1.33 bits per heavy atom. The van der Waals surface area contributed by atoms with Crippen LogP contribution in [0.5, 0.6) is 0 Å². The number of hydrogen-bond acceptors (Lipinski definition) is 4. The molecule has 10 heteroatoms. The van der Waals surface area contributed by atoms with Gasteiger partial charge in [-0.25, -0.2) is 4.98 Å². The summed E-state index contributed by atoms with van der Waals surface area (Å²) in [7, 11) is 0. The third-order valence-corrected chi connectivity index (χ3v) is 2.69. The number of halogens is 6. The number of hydrogen-bond donors (Lipinski definition) is 1. The van der Waals surface area contributed by atoms with E-state index in [-0.39, 0.29) is 17.6 Å². The van der Waals surface area contributed by atoms with Crippen molar-refractivity contribution in [2.24, 2.45) is 0 Å². The lowest BCUT2D eigenvalue weighted by atomic mass is 10.5. The van der Waals surface area contributed by atoms with E-state index in [9.17, 15) is 0 Å². The second-order valence-electron chi connectivity index (χ2n) is 3.23. The molecule has 1 aromatic heterocycles. The third kappa shape index (κ3) is 4.91. The van der Waals surface area contributed by atoms with Gasteiger partial charge < -0.3 is 5.32 Å². The Morgan fingerprint density at radius 1 is 0.889 bits per heavy atom. The van der Waals surface area contributed by atoms with Crippen LogP contribution in [0.3, 0.4) is 0 Å². The third-order valence-electron chi connectivity index (χ3n) is 1.68. The molecule has 4 nitrogen and oxygen atoms in total. The fraction of sp³-hybridized carbons (Fsp3) is 0.625. The first-order valence-corrected chi connectivity index (χ1v) is 7.05. The normalized spacial score (nSPS) is 12.6. The Hall–Kier alpha value is 0.550. The van der Waals surface area contributed by atoms with Gasteiger partial charge in [-0.3, -0.25) is 0 Å². The maximum absolute atomic E-state index is 5.71. The van der Waals surface area contributed by atoms with E-state index >= 15 is 0 Å². The summed E-state index contributed by atoms with van der Waals surface area (Å²) in [6, 6.07) is 0. The van der Waals surface area contributed by atoms with Crippen LogP contribution in [-0.4, -0.2) is 21.5 Å². The Kier molecular flexibility index (Phi) is 5.84. The lowest BCUT2D eigenvalue weighted by molar-refractivity contribution is 0.835. The zero-order valence-electron chi connectivity index (χ0n) is 9.02. The average molecular weight is 373 g/mol. The van der Waals surface area contributed by atoms with E-state index in [1.165, 1.54) is 0 Å². The van der Waals surface area contributed by atoms with Crippen LogP contribution < -0.4 is 5.32 Å². The minimum Gasteiger partial charge on any atom is -0.354 e. The molecule has 0 spiro atoms. The monoisotopic (exact) mass is 370 g/mol. The molecule has 0 amide bonds. The van der Waals surface area contributed by atoms with Crippen LogP contribution in [0, 0.1) is 0 Å². The van der Waals surface area contributed by atoms with Gasteiger partial charge in [0.25, 0.3) is 0 Å². The first kappa shape index (κ1) is 16.6. The summed E-state index contributed by atoms with van der Waals surface area (Å²) < 4.78 is -3.65. The Labute approximate surface area is 134 Å². The molecule has 0 radical (unpaired) electrons. The van der Waals surface area contributed by atoms with Gasteiger partial charge >= 0.3 is 0 Å². The number of alkyl halides is 6. The van der Waals surface area contributed by atoms with Crippen LogP contribution in [0.4, 0.5) is 5.95 Å². The second kappa shape index (κ2) is 6.33. The van der Waals surface area contributed by atoms with Crippen molar-refractivity contribution in [1.82, 2.24) is 15.0 Å². The van der Waals surface area contributed by atoms with Crippen molar-refractivity contribution in [2.45, 2.75) is 20.9 Å². The first-order chi connectivity index (χ1) is 8.14. The summed E-state index contributed by atoms with van der Waals surface area (Å²) in [6.45, 7) is 2.60. The fourth-order valence-electron chi connectivity index (χ4n) is 0.945. The van der Waals surface area contributed by atoms with Gasteiger partial charge in [0.2, 0.25) is 13.5 Å². The molecule has 1 rings (SSSR count). The molecule has 0 unspecified atom stereocenters. The zero-order chi connectivity index (χ0) is 14.0. The second-order valence-corrected chi connectivity index (χ2v) is 7.79. The molecule has 1 aromatic rings. The topological polar surface area (TPSA) is 50.7 Å². The quantitative estimate of drug-likeness (QED) is 0.801. The van der Waals surface area contributed by atoms with E-state index in [0.717, 1.165) is 6.42 Å². The minimum atomic E-state index is -1.82. The largest absolute Gasteiger partial charge is 0.354 e. The molecule has 0 saturated heterocycles. The van der Waals surface area contributed by atoms with Crippen LogP contribution in [0.15, 0.2) is 0 Å². The molecular formula is C8H8Cl6N4. The molecule has 0 bridgehead atoms. The molecule has 0 aliphatic heterocycles. The van der Waals surface area contributed by atoms with Gasteiger partial charge in [0.15, 0.2) is 11.6 Å². The fourth-order valence-corrected chi connectivity index (χ4v) is 1.45. The van der Waals surface area contributed by atoms with E-state index in [0.29, 0.717) is 6.54 Å². The average Bonchev–Trinajstić information content (AvgIpc) is 2.23. The highest BCUT2D eigenvalue weighted by atomic mass is 35.6. The number of nitrogens with one attached hydrogen (secondary N) is 1. The summed E-state index contributed by atoms with van der Waals surface area (Å²) >= 11 is 34.2. The number of nitrogens with zero attached hydrogens (tertiary/aromatic N) is 3. The highest BCUT2D eigenvalue weighted by Gasteiger charge is 2.33. The Morgan fingerprint density at radius 3 is 1.67 bits per heavy atom. The van der Waals surface area contributed by atoms with E-state index in [1.807, 2.05) is 6.92 Å². The van der Waals surface area contributed by atoms with Crippen molar-refractivity contribution >= 4 is 75.6 Å². The van der Waals surface area contributed by atoms with Gasteiger partial charge in [0.1, 0.15) is 0 Å². The lowest BCUT2D eigenvalue weighted by Crippen LogP contribution is -2.18. The van der Waals surface area contributed by atoms with E-state index < -0.39 is 7.59 Å². The highest BCUT2D eigenvalue weighted by Crippen LogP contribution is 2.40. The van der Waals surface area contributed by atoms with Gasteiger partial charge in [-0.05, 0) is 6.42 Å². The molecule has 0 fully saturated rings. The summed E-state index contributed by atoms with van der Waals surface area (Å²) in [5.74, 6) is -0.0284. The van der Waals surface area contributed by atoms with Gasteiger partial charge in [-0.1, -0.05) is 76.5 Å². The molecule has 1 heterocycles. The minimum absolute atomic E-state index is 0.109. The van der Waals surface area contributed by atoms with Gasteiger partial charge in [-0.2, -0.15) is 9.97 Å². The zero-order valence-corrected chi connectivity index (χ0v) is 13.6. The van der Waals surface area contributed by atoms with Crippen LogP contribution in [0.25, 0.3) is 0 Å². The van der Waals surface area contributed by atoms with Gasteiger partial charge in [0.05, 0.1) is 0 Å². The van der Waals surface area contributed by atoms with Crippen molar-refractivity contribution in [3.63, 3.8) is 0 Å². The standard InChI is InChI=1S/C8H8Cl6N4/c1-2-3-15-6-17-4(7(9,10)11)16-5(18-6)8(12,13)14/h2-3H2,1H3,(H,15,16,17,18). The van der Waals surface area contributed by atoms with Crippen LogP contribution in [-0.2, 0) is 7.59 Å². The smallest absolute Gasteiger partial charge is 0.250 e. The van der Waals surface area contributed by atoms with Crippen molar-refractivity contribution in [1.29, 1.82) is 0 Å². The number of aromatic nitrogens is 3. The maximum Gasteiger partial charge on any atom is 0.250 e. The number of anilines is 1. The molecular weight excluding hydrogens is 365 g/mol.